The number of hydrogen-bond donors (Lipinski definition) is 0. The zero-order chi connectivity index (χ0) is 16.7. The Morgan fingerprint density at radius 3 is 2.52 bits per heavy atom. The largest absolute Gasteiger partial charge is 0.466 e. The van der Waals surface area contributed by atoms with Crippen molar-refractivity contribution in [2.45, 2.75) is 33.3 Å². The number of hydrogen-bond acceptors (Lipinski definition) is 4. The molecular formula is C18H25NO4. The highest BCUT2D eigenvalue weighted by molar-refractivity contribution is 5.73. The minimum Gasteiger partial charge on any atom is -0.466 e. The van der Waals surface area contributed by atoms with Crippen LogP contribution in [0.5, 0.6) is 0 Å². The zero-order valence-corrected chi connectivity index (χ0v) is 13.9. The Morgan fingerprint density at radius 2 is 1.83 bits per heavy atom. The van der Waals surface area contributed by atoms with E-state index in [0.717, 1.165) is 12.0 Å². The number of benzene rings is 1. The van der Waals surface area contributed by atoms with Gasteiger partial charge in [0.25, 0.3) is 0 Å². The van der Waals surface area contributed by atoms with Gasteiger partial charge in [-0.3, -0.25) is 4.79 Å². The van der Waals surface area contributed by atoms with Gasteiger partial charge in [0.1, 0.15) is 6.61 Å². The summed E-state index contributed by atoms with van der Waals surface area (Å²) in [4.78, 5) is 25.9. The summed E-state index contributed by atoms with van der Waals surface area (Å²) in [6, 6.07) is 9.61. The molecule has 0 radical (unpaired) electrons. The molecule has 126 valence electrons. The molecule has 0 N–H and O–H groups in total. The highest BCUT2D eigenvalue weighted by atomic mass is 16.6. The average Bonchev–Trinajstić information content (AvgIpc) is 2.76. The van der Waals surface area contributed by atoms with Crippen LogP contribution in [0.4, 0.5) is 4.79 Å². The van der Waals surface area contributed by atoms with Crippen molar-refractivity contribution >= 4 is 12.1 Å². The molecule has 2 atom stereocenters. The molecule has 1 heterocycles. The molecule has 0 aliphatic carbocycles. The van der Waals surface area contributed by atoms with Crippen LogP contribution in [0.1, 0.15) is 32.3 Å². The lowest BCUT2D eigenvalue weighted by molar-refractivity contribution is -0.149. The van der Waals surface area contributed by atoms with Crippen LogP contribution in [0.25, 0.3) is 0 Å². The predicted molar refractivity (Wildman–Crippen MR) is 86.7 cm³/mol. The standard InChI is InChI=1S/C18H25NO4/c1-3-22-17(20)16-10-12-19(11-9-14(16)2)18(21)23-13-15-7-5-4-6-8-15/h4-8,14,16H,3,9-13H2,1-2H3. The molecule has 1 aromatic carbocycles. The normalized spacial score (nSPS) is 21.4. The highest BCUT2D eigenvalue weighted by Crippen LogP contribution is 2.25. The van der Waals surface area contributed by atoms with Crippen LogP contribution >= 0.6 is 0 Å². The maximum atomic E-state index is 12.2. The lowest BCUT2D eigenvalue weighted by Gasteiger charge is -2.20. The van der Waals surface area contributed by atoms with Crippen molar-refractivity contribution in [2.24, 2.45) is 11.8 Å². The van der Waals surface area contributed by atoms with Crippen LogP contribution in [0.3, 0.4) is 0 Å². The van der Waals surface area contributed by atoms with Gasteiger partial charge in [0.05, 0.1) is 12.5 Å². The third kappa shape index (κ3) is 4.98. The van der Waals surface area contributed by atoms with Gasteiger partial charge in [0.2, 0.25) is 0 Å². The van der Waals surface area contributed by atoms with Crippen LogP contribution < -0.4 is 0 Å². The summed E-state index contributed by atoms with van der Waals surface area (Å²) in [7, 11) is 0. The highest BCUT2D eigenvalue weighted by Gasteiger charge is 2.31. The summed E-state index contributed by atoms with van der Waals surface area (Å²) < 4.78 is 10.5. The van der Waals surface area contributed by atoms with Crippen LogP contribution in [-0.4, -0.2) is 36.7 Å². The van der Waals surface area contributed by atoms with Crippen molar-refractivity contribution < 1.29 is 19.1 Å². The maximum absolute atomic E-state index is 12.2. The molecule has 5 heteroatoms. The van der Waals surface area contributed by atoms with Gasteiger partial charge in [0, 0.05) is 13.1 Å². The van der Waals surface area contributed by atoms with E-state index >= 15 is 0 Å². The van der Waals surface area contributed by atoms with E-state index in [1.54, 1.807) is 4.90 Å². The molecule has 1 amide bonds. The fourth-order valence-electron chi connectivity index (χ4n) is 2.84. The van der Waals surface area contributed by atoms with E-state index in [0.29, 0.717) is 26.1 Å². The smallest absolute Gasteiger partial charge is 0.410 e. The topological polar surface area (TPSA) is 55.8 Å². The van der Waals surface area contributed by atoms with Crippen molar-refractivity contribution in [1.82, 2.24) is 4.90 Å². The second kappa shape index (κ2) is 8.56. The Hall–Kier alpha value is -2.04. The molecule has 1 saturated heterocycles. The fraction of sp³-hybridized carbons (Fsp3) is 0.556. The van der Waals surface area contributed by atoms with Crippen LogP contribution in [0.2, 0.25) is 0 Å². The van der Waals surface area contributed by atoms with E-state index in [-0.39, 0.29) is 30.5 Å². The molecule has 1 fully saturated rings. The SMILES string of the molecule is CCOC(=O)C1CCN(C(=O)OCc2ccccc2)CCC1C. The molecule has 0 aromatic heterocycles. The van der Waals surface area contributed by atoms with E-state index in [1.807, 2.05) is 44.2 Å². The Morgan fingerprint density at radius 1 is 1.13 bits per heavy atom. The lowest BCUT2D eigenvalue weighted by atomic mass is 9.90. The molecule has 23 heavy (non-hydrogen) atoms. The molecule has 1 aliphatic rings. The summed E-state index contributed by atoms with van der Waals surface area (Å²) in [6.45, 7) is 5.66. The summed E-state index contributed by atoms with van der Waals surface area (Å²) in [6.07, 6.45) is 1.09. The van der Waals surface area contributed by atoms with Crippen molar-refractivity contribution in [1.29, 1.82) is 0 Å². The lowest BCUT2D eigenvalue weighted by Crippen LogP contribution is -2.32. The van der Waals surface area contributed by atoms with Crippen molar-refractivity contribution in [3.8, 4) is 0 Å². The zero-order valence-electron chi connectivity index (χ0n) is 13.9. The minimum absolute atomic E-state index is 0.137. The van der Waals surface area contributed by atoms with E-state index in [2.05, 4.69) is 0 Å². The monoisotopic (exact) mass is 319 g/mol. The number of amides is 1. The molecule has 0 saturated carbocycles. The van der Waals surface area contributed by atoms with Crippen molar-refractivity contribution in [3.63, 3.8) is 0 Å². The van der Waals surface area contributed by atoms with Gasteiger partial charge in [-0.25, -0.2) is 4.79 Å². The molecule has 2 rings (SSSR count). The van der Waals surface area contributed by atoms with Crippen LogP contribution in [-0.2, 0) is 20.9 Å². The Bertz CT molecular complexity index is 517. The molecule has 1 aromatic rings. The van der Waals surface area contributed by atoms with Crippen molar-refractivity contribution in [2.75, 3.05) is 19.7 Å². The van der Waals surface area contributed by atoms with Crippen molar-refractivity contribution in [3.05, 3.63) is 35.9 Å². The first kappa shape index (κ1) is 17.3. The number of carbonyl (C=O) groups is 2. The average molecular weight is 319 g/mol. The van der Waals surface area contributed by atoms with Crippen LogP contribution in [0, 0.1) is 11.8 Å². The Labute approximate surface area is 137 Å². The molecule has 0 spiro atoms. The molecule has 1 aliphatic heterocycles. The third-order valence-electron chi connectivity index (χ3n) is 4.30. The number of rotatable bonds is 4. The number of nitrogens with zero attached hydrogens (tertiary/aromatic N) is 1. The predicted octanol–water partition coefficient (Wildman–Crippen LogP) is 3.23. The number of esters is 1. The van der Waals surface area contributed by atoms with Gasteiger partial charge in [-0.05, 0) is 31.2 Å². The number of carbonyl (C=O) groups excluding carboxylic acids is 2. The molecule has 2 unspecified atom stereocenters. The van der Waals surface area contributed by atoms with E-state index in [4.69, 9.17) is 9.47 Å². The molecule has 5 nitrogen and oxygen atoms in total. The van der Waals surface area contributed by atoms with Gasteiger partial charge in [-0.2, -0.15) is 0 Å². The Balaban J connectivity index is 1.86. The number of ether oxygens (including phenoxy) is 2. The first-order valence-electron chi connectivity index (χ1n) is 8.24. The first-order chi connectivity index (χ1) is 11.1. The Kier molecular flexibility index (Phi) is 6.44. The number of likely N-dealkylation sites (tertiary alicyclic amines) is 1. The fourth-order valence-corrected chi connectivity index (χ4v) is 2.84. The van der Waals surface area contributed by atoms with Gasteiger partial charge < -0.3 is 14.4 Å². The summed E-state index contributed by atoms with van der Waals surface area (Å²) in [5.41, 5.74) is 0.966. The summed E-state index contributed by atoms with van der Waals surface area (Å²) in [5.74, 6) is -0.0812. The van der Waals surface area contributed by atoms with E-state index in [9.17, 15) is 9.59 Å². The van der Waals surface area contributed by atoms with Gasteiger partial charge in [-0.15, -0.1) is 0 Å². The second-order valence-electron chi connectivity index (χ2n) is 5.94. The minimum atomic E-state index is -0.314. The quantitative estimate of drug-likeness (QED) is 0.800. The van der Waals surface area contributed by atoms with E-state index in [1.165, 1.54) is 0 Å². The summed E-state index contributed by atoms with van der Waals surface area (Å²) in [5, 5.41) is 0. The summed E-state index contributed by atoms with van der Waals surface area (Å²) >= 11 is 0. The first-order valence-corrected chi connectivity index (χ1v) is 8.24. The second-order valence-corrected chi connectivity index (χ2v) is 5.94. The van der Waals surface area contributed by atoms with Gasteiger partial charge in [-0.1, -0.05) is 37.3 Å². The van der Waals surface area contributed by atoms with Gasteiger partial charge in [0.15, 0.2) is 0 Å². The molecule has 0 bridgehead atoms. The van der Waals surface area contributed by atoms with E-state index < -0.39 is 0 Å². The third-order valence-corrected chi connectivity index (χ3v) is 4.30. The maximum Gasteiger partial charge on any atom is 0.410 e. The van der Waals surface area contributed by atoms with Crippen LogP contribution in [0.15, 0.2) is 30.3 Å². The molecular weight excluding hydrogens is 294 g/mol. The van der Waals surface area contributed by atoms with Gasteiger partial charge >= 0.3 is 12.1 Å².